The summed E-state index contributed by atoms with van der Waals surface area (Å²) >= 11 is 3.22. The van der Waals surface area contributed by atoms with Crippen LogP contribution in [0.5, 0.6) is 0 Å². The lowest BCUT2D eigenvalue weighted by atomic mass is 10.3. The topological polar surface area (TPSA) is 17.8 Å². The van der Waals surface area contributed by atoms with Gasteiger partial charge >= 0.3 is 0 Å². The molecule has 1 heterocycles. The molecule has 2 nitrogen and oxygen atoms in total. The highest BCUT2D eigenvalue weighted by molar-refractivity contribution is 9.10. The van der Waals surface area contributed by atoms with Crippen LogP contribution in [0.25, 0.3) is 11.0 Å². The van der Waals surface area contributed by atoms with Gasteiger partial charge in [0.15, 0.2) is 0 Å². The Morgan fingerprint density at radius 2 is 2.00 bits per heavy atom. The van der Waals surface area contributed by atoms with Crippen molar-refractivity contribution >= 4 is 27.0 Å². The standard InChI is InChI=1S/C9H6BrF3N2/c10-5-1-2-7-6(3-5)14-4-15(7)9(13)8(11)12/h1-4,8-9H. The summed E-state index contributed by atoms with van der Waals surface area (Å²) < 4.78 is 39.0. The second-order valence-corrected chi connectivity index (χ2v) is 3.91. The number of imidazole rings is 1. The second-order valence-electron chi connectivity index (χ2n) is 2.99. The zero-order chi connectivity index (χ0) is 11.0. The van der Waals surface area contributed by atoms with Gasteiger partial charge in [0.2, 0.25) is 6.30 Å². The van der Waals surface area contributed by atoms with E-state index in [1.807, 2.05) is 0 Å². The fourth-order valence-electron chi connectivity index (χ4n) is 1.32. The summed E-state index contributed by atoms with van der Waals surface area (Å²) in [5, 5.41) is 0. The van der Waals surface area contributed by atoms with Gasteiger partial charge in [-0.3, -0.25) is 4.57 Å². The van der Waals surface area contributed by atoms with Gasteiger partial charge in [0.1, 0.15) is 0 Å². The minimum absolute atomic E-state index is 0.353. The number of alkyl halides is 3. The van der Waals surface area contributed by atoms with E-state index < -0.39 is 12.7 Å². The van der Waals surface area contributed by atoms with Crippen LogP contribution in [0.15, 0.2) is 29.0 Å². The van der Waals surface area contributed by atoms with E-state index in [4.69, 9.17) is 0 Å². The van der Waals surface area contributed by atoms with Gasteiger partial charge in [-0.25, -0.2) is 18.2 Å². The van der Waals surface area contributed by atoms with Gasteiger partial charge in [-0.2, -0.15) is 0 Å². The molecule has 0 aliphatic heterocycles. The Hall–Kier alpha value is -1.04. The van der Waals surface area contributed by atoms with Crippen LogP contribution in [-0.2, 0) is 0 Å². The summed E-state index contributed by atoms with van der Waals surface area (Å²) in [5.74, 6) is 0. The molecular formula is C9H6BrF3N2. The number of hydrogen-bond acceptors (Lipinski definition) is 1. The van der Waals surface area contributed by atoms with Crippen molar-refractivity contribution in [2.24, 2.45) is 0 Å². The molecule has 0 aliphatic rings. The number of benzene rings is 1. The maximum absolute atomic E-state index is 13.1. The van der Waals surface area contributed by atoms with Gasteiger partial charge in [0.05, 0.1) is 17.4 Å². The first-order chi connectivity index (χ1) is 7.09. The highest BCUT2D eigenvalue weighted by Crippen LogP contribution is 2.25. The van der Waals surface area contributed by atoms with Crippen LogP contribution in [0.2, 0.25) is 0 Å². The molecule has 0 N–H and O–H groups in total. The van der Waals surface area contributed by atoms with E-state index >= 15 is 0 Å². The summed E-state index contributed by atoms with van der Waals surface area (Å²) in [6, 6.07) is 4.84. The minimum atomic E-state index is -3.05. The van der Waals surface area contributed by atoms with E-state index in [9.17, 15) is 13.2 Å². The van der Waals surface area contributed by atoms with E-state index in [2.05, 4.69) is 20.9 Å². The van der Waals surface area contributed by atoms with Crippen molar-refractivity contribution in [1.29, 1.82) is 0 Å². The Bertz CT molecular complexity index is 483. The van der Waals surface area contributed by atoms with Gasteiger partial charge in [0.25, 0.3) is 6.43 Å². The molecule has 0 amide bonds. The Labute approximate surface area is 91.8 Å². The summed E-state index contributed by atoms with van der Waals surface area (Å²) in [6.45, 7) is 0. The number of aromatic nitrogens is 2. The van der Waals surface area contributed by atoms with Crippen molar-refractivity contribution < 1.29 is 13.2 Å². The highest BCUT2D eigenvalue weighted by Gasteiger charge is 2.22. The van der Waals surface area contributed by atoms with Crippen LogP contribution in [-0.4, -0.2) is 16.0 Å². The number of hydrogen-bond donors (Lipinski definition) is 0. The molecule has 6 heteroatoms. The van der Waals surface area contributed by atoms with Crippen molar-refractivity contribution in [1.82, 2.24) is 9.55 Å². The molecule has 1 unspecified atom stereocenters. The van der Waals surface area contributed by atoms with E-state index in [1.54, 1.807) is 18.2 Å². The molecular weight excluding hydrogens is 273 g/mol. The van der Waals surface area contributed by atoms with Crippen LogP contribution in [0.3, 0.4) is 0 Å². The van der Waals surface area contributed by atoms with Crippen molar-refractivity contribution in [2.75, 3.05) is 0 Å². The van der Waals surface area contributed by atoms with Crippen molar-refractivity contribution in [2.45, 2.75) is 12.7 Å². The van der Waals surface area contributed by atoms with Crippen LogP contribution in [0.1, 0.15) is 6.30 Å². The van der Waals surface area contributed by atoms with E-state index in [1.165, 1.54) is 0 Å². The molecule has 1 aromatic carbocycles. The van der Waals surface area contributed by atoms with Gasteiger partial charge < -0.3 is 0 Å². The molecule has 0 saturated heterocycles. The Kier molecular flexibility index (Phi) is 2.68. The average molecular weight is 279 g/mol. The highest BCUT2D eigenvalue weighted by atomic mass is 79.9. The van der Waals surface area contributed by atoms with Gasteiger partial charge in [0, 0.05) is 4.47 Å². The number of nitrogens with zero attached hydrogens (tertiary/aromatic N) is 2. The smallest absolute Gasteiger partial charge is 0.288 e. The SMILES string of the molecule is FC(F)C(F)n1cnc2cc(Br)ccc21. The normalized spacial score (nSPS) is 13.7. The Morgan fingerprint density at radius 1 is 1.27 bits per heavy atom. The molecule has 0 fully saturated rings. The van der Waals surface area contributed by atoms with Crippen molar-refractivity contribution in [3.8, 4) is 0 Å². The molecule has 2 rings (SSSR count). The van der Waals surface area contributed by atoms with Crippen LogP contribution < -0.4 is 0 Å². The molecule has 0 aliphatic carbocycles. The second kappa shape index (κ2) is 3.84. The quantitative estimate of drug-likeness (QED) is 0.822. The van der Waals surface area contributed by atoms with E-state index in [0.29, 0.717) is 11.0 Å². The van der Waals surface area contributed by atoms with Crippen LogP contribution in [0, 0.1) is 0 Å². The third kappa shape index (κ3) is 1.86. The van der Waals surface area contributed by atoms with Crippen molar-refractivity contribution in [3.05, 3.63) is 29.0 Å². The predicted molar refractivity (Wildman–Crippen MR) is 53.6 cm³/mol. The van der Waals surface area contributed by atoms with E-state index in [-0.39, 0.29) is 0 Å². The summed E-state index contributed by atoms with van der Waals surface area (Å²) in [7, 11) is 0. The number of rotatable bonds is 2. The third-order valence-corrected chi connectivity index (χ3v) is 2.50. The molecule has 0 saturated carbocycles. The lowest BCUT2D eigenvalue weighted by Crippen LogP contribution is -2.10. The summed E-state index contributed by atoms with van der Waals surface area (Å²) in [4.78, 5) is 3.84. The largest absolute Gasteiger partial charge is 0.294 e. The van der Waals surface area contributed by atoms with Gasteiger partial charge in [-0.1, -0.05) is 15.9 Å². The molecule has 80 valence electrons. The lowest BCUT2D eigenvalue weighted by molar-refractivity contribution is 0.0103. The molecule has 0 spiro atoms. The Morgan fingerprint density at radius 3 is 2.67 bits per heavy atom. The monoisotopic (exact) mass is 278 g/mol. The first-order valence-corrected chi connectivity index (χ1v) is 4.93. The molecule has 0 bridgehead atoms. The van der Waals surface area contributed by atoms with Gasteiger partial charge in [-0.15, -0.1) is 0 Å². The third-order valence-electron chi connectivity index (χ3n) is 2.01. The maximum atomic E-state index is 13.1. The molecule has 1 atom stereocenters. The molecule has 0 radical (unpaired) electrons. The van der Waals surface area contributed by atoms with E-state index in [0.717, 1.165) is 15.4 Å². The fourth-order valence-corrected chi connectivity index (χ4v) is 1.67. The number of fused-ring (bicyclic) bond motifs is 1. The average Bonchev–Trinajstić information content (AvgIpc) is 2.59. The van der Waals surface area contributed by atoms with Crippen molar-refractivity contribution in [3.63, 3.8) is 0 Å². The number of halogens is 4. The predicted octanol–water partition coefficient (Wildman–Crippen LogP) is 3.53. The molecule has 2 aromatic rings. The zero-order valence-corrected chi connectivity index (χ0v) is 8.96. The summed E-state index contributed by atoms with van der Waals surface area (Å²) in [6.07, 6.45) is -4.32. The minimum Gasteiger partial charge on any atom is -0.294 e. The maximum Gasteiger partial charge on any atom is 0.288 e. The lowest BCUT2D eigenvalue weighted by Gasteiger charge is -2.09. The fraction of sp³-hybridized carbons (Fsp3) is 0.222. The van der Waals surface area contributed by atoms with Crippen LogP contribution >= 0.6 is 15.9 Å². The summed E-state index contributed by atoms with van der Waals surface area (Å²) in [5.41, 5.74) is 0.832. The first-order valence-electron chi connectivity index (χ1n) is 4.14. The Balaban J connectivity index is 2.54. The zero-order valence-electron chi connectivity index (χ0n) is 7.37. The first kappa shape index (κ1) is 10.5. The van der Waals surface area contributed by atoms with Crippen LogP contribution in [0.4, 0.5) is 13.2 Å². The molecule has 1 aromatic heterocycles. The molecule has 15 heavy (non-hydrogen) atoms. The van der Waals surface area contributed by atoms with Gasteiger partial charge in [-0.05, 0) is 18.2 Å².